The minimum absolute atomic E-state index is 0.0916. The summed E-state index contributed by atoms with van der Waals surface area (Å²) >= 11 is 0. The van der Waals surface area contributed by atoms with Crippen LogP contribution < -0.4 is 10.5 Å². The van der Waals surface area contributed by atoms with Crippen LogP contribution in [0.5, 0.6) is 0 Å². The molecule has 7 heteroatoms. The van der Waals surface area contributed by atoms with Crippen molar-refractivity contribution in [2.24, 2.45) is 5.73 Å². The fourth-order valence-electron chi connectivity index (χ4n) is 6.02. The molecule has 6 nitrogen and oxygen atoms in total. The predicted octanol–water partition coefficient (Wildman–Crippen LogP) is 4.90. The predicted molar refractivity (Wildman–Crippen MR) is 147 cm³/mol. The van der Waals surface area contributed by atoms with Crippen molar-refractivity contribution in [1.82, 2.24) is 9.62 Å². The Bertz CT molecular complexity index is 1310. The highest BCUT2D eigenvalue weighted by Crippen LogP contribution is 2.32. The highest BCUT2D eigenvalue weighted by atomic mass is 32.2. The highest BCUT2D eigenvalue weighted by Gasteiger charge is 2.38. The number of hydrogen-bond acceptors (Lipinski definition) is 4. The van der Waals surface area contributed by atoms with E-state index >= 15 is 0 Å². The van der Waals surface area contributed by atoms with E-state index in [0.717, 1.165) is 73.3 Å². The van der Waals surface area contributed by atoms with Gasteiger partial charge in [0.15, 0.2) is 0 Å². The third kappa shape index (κ3) is 5.89. The highest BCUT2D eigenvalue weighted by molar-refractivity contribution is 7.89. The number of carbonyl (C=O) groups is 1. The van der Waals surface area contributed by atoms with Crippen molar-refractivity contribution >= 4 is 26.7 Å². The van der Waals surface area contributed by atoms with E-state index in [-0.39, 0.29) is 22.9 Å². The molecule has 1 amide bonds. The number of nitrogens with one attached hydrogen (secondary N) is 1. The van der Waals surface area contributed by atoms with E-state index < -0.39 is 16.1 Å². The van der Waals surface area contributed by atoms with Crippen LogP contribution in [0.3, 0.4) is 0 Å². The van der Waals surface area contributed by atoms with E-state index in [1.165, 1.54) is 0 Å². The first-order chi connectivity index (χ1) is 17.9. The Morgan fingerprint density at radius 1 is 0.838 bits per heavy atom. The van der Waals surface area contributed by atoms with Crippen LogP contribution >= 0.6 is 0 Å². The molecule has 5 rings (SSSR count). The maximum absolute atomic E-state index is 14.2. The van der Waals surface area contributed by atoms with Crippen molar-refractivity contribution in [2.75, 3.05) is 0 Å². The molecule has 37 heavy (non-hydrogen) atoms. The Labute approximate surface area is 220 Å². The average molecular weight is 520 g/mol. The van der Waals surface area contributed by atoms with Gasteiger partial charge in [-0.25, -0.2) is 8.42 Å². The summed E-state index contributed by atoms with van der Waals surface area (Å²) in [6.07, 6.45) is 8.77. The number of carbonyl (C=O) groups excluding carboxylic acids is 1. The van der Waals surface area contributed by atoms with Crippen LogP contribution in [0.15, 0.2) is 71.6 Å². The molecule has 3 aromatic carbocycles. The second-order valence-corrected chi connectivity index (χ2v) is 12.2. The van der Waals surface area contributed by atoms with E-state index in [1.54, 1.807) is 12.1 Å². The van der Waals surface area contributed by atoms with Gasteiger partial charge in [0.2, 0.25) is 15.9 Å². The third-order valence-electron chi connectivity index (χ3n) is 8.02. The van der Waals surface area contributed by atoms with Gasteiger partial charge in [0.25, 0.3) is 0 Å². The summed E-state index contributed by atoms with van der Waals surface area (Å²) < 4.78 is 30.1. The Balaban J connectivity index is 1.47. The van der Waals surface area contributed by atoms with Crippen molar-refractivity contribution in [3.63, 3.8) is 0 Å². The van der Waals surface area contributed by atoms with Gasteiger partial charge in [0, 0.05) is 18.6 Å². The number of nitrogens with two attached hydrogens (primary N) is 1. The summed E-state index contributed by atoms with van der Waals surface area (Å²) in [4.78, 5) is 16.5. The van der Waals surface area contributed by atoms with E-state index in [4.69, 9.17) is 5.73 Å². The molecule has 0 spiro atoms. The summed E-state index contributed by atoms with van der Waals surface area (Å²) in [7, 11) is -3.93. The Morgan fingerprint density at radius 3 is 2.00 bits per heavy atom. The number of fused-ring (bicyclic) bond motifs is 1. The van der Waals surface area contributed by atoms with E-state index in [9.17, 15) is 13.2 Å². The van der Waals surface area contributed by atoms with Gasteiger partial charge in [-0.2, -0.15) is 4.72 Å². The second-order valence-electron chi connectivity index (χ2n) is 10.5. The maximum atomic E-state index is 14.2. The van der Waals surface area contributed by atoms with Gasteiger partial charge in [0.05, 0.1) is 4.90 Å². The molecule has 3 N–H and O–H groups in total. The smallest absolute Gasteiger partial charge is 0.241 e. The van der Waals surface area contributed by atoms with Crippen molar-refractivity contribution < 1.29 is 13.2 Å². The fourth-order valence-corrected chi connectivity index (χ4v) is 7.24. The normalized spacial score (nSPS) is 17.9. The Kier molecular flexibility index (Phi) is 7.93. The van der Waals surface area contributed by atoms with Crippen molar-refractivity contribution in [3.05, 3.63) is 77.9 Å². The molecule has 0 radical (unpaired) electrons. The zero-order chi connectivity index (χ0) is 25.8. The molecule has 196 valence electrons. The average Bonchev–Trinajstić information content (AvgIpc) is 3.64. The van der Waals surface area contributed by atoms with Crippen molar-refractivity contribution in [2.45, 2.75) is 87.4 Å². The molecule has 0 aliphatic heterocycles. The molecular weight excluding hydrogens is 482 g/mol. The summed E-state index contributed by atoms with van der Waals surface area (Å²) in [5, 5.41) is 1.83. The van der Waals surface area contributed by atoms with Crippen LogP contribution in [-0.2, 0) is 27.8 Å². The van der Waals surface area contributed by atoms with Crippen molar-refractivity contribution in [3.8, 4) is 0 Å². The van der Waals surface area contributed by atoms with Gasteiger partial charge in [-0.15, -0.1) is 0 Å². The van der Waals surface area contributed by atoms with Gasteiger partial charge in [0.1, 0.15) is 6.04 Å². The maximum Gasteiger partial charge on any atom is 0.241 e. The van der Waals surface area contributed by atoms with Crippen LogP contribution in [0.4, 0.5) is 0 Å². The number of amides is 1. The monoisotopic (exact) mass is 519 g/mol. The molecule has 2 aliphatic rings. The molecular formula is C30H37N3O3S. The van der Waals surface area contributed by atoms with Gasteiger partial charge in [-0.1, -0.05) is 80.3 Å². The van der Waals surface area contributed by atoms with Crippen LogP contribution in [0, 0.1) is 0 Å². The van der Waals surface area contributed by atoms with Crippen LogP contribution in [0.25, 0.3) is 10.8 Å². The first-order valence-corrected chi connectivity index (χ1v) is 15.0. The minimum Gasteiger partial charge on any atom is -0.335 e. The number of hydrogen-bond donors (Lipinski definition) is 2. The lowest BCUT2D eigenvalue weighted by atomic mass is 10.0. The molecule has 0 unspecified atom stereocenters. The standard InChI is InChI=1S/C30H37N3O3S/c31-21-23-15-13-22(14-16-23)19-29(30(34)33(26-9-3-4-10-26)27-11-5-6-12-27)32-37(35,36)28-18-17-24-7-1-2-8-25(24)20-28/h1-2,7-8,13-18,20,26-27,29,32H,3-6,9-12,19,21,31H2/t29-/m0/s1. The lowest BCUT2D eigenvalue weighted by molar-refractivity contribution is -0.138. The molecule has 0 aromatic heterocycles. The molecule has 2 aliphatic carbocycles. The van der Waals surface area contributed by atoms with E-state index in [1.807, 2.05) is 54.6 Å². The minimum atomic E-state index is -3.93. The number of rotatable bonds is 9. The summed E-state index contributed by atoms with van der Waals surface area (Å²) in [6, 6.07) is 20.1. The molecule has 0 heterocycles. The summed E-state index contributed by atoms with van der Waals surface area (Å²) in [5.74, 6) is -0.0916. The topological polar surface area (TPSA) is 92.5 Å². The first kappa shape index (κ1) is 25.9. The lowest BCUT2D eigenvalue weighted by Gasteiger charge is -2.37. The number of benzene rings is 3. The molecule has 0 saturated heterocycles. The van der Waals surface area contributed by atoms with Crippen LogP contribution in [0.2, 0.25) is 0 Å². The fraction of sp³-hybridized carbons (Fsp3) is 0.433. The van der Waals surface area contributed by atoms with E-state index in [0.29, 0.717) is 13.0 Å². The number of nitrogens with zero attached hydrogens (tertiary/aromatic N) is 1. The van der Waals surface area contributed by atoms with Crippen molar-refractivity contribution in [1.29, 1.82) is 0 Å². The lowest BCUT2D eigenvalue weighted by Crippen LogP contribution is -2.55. The zero-order valence-electron chi connectivity index (χ0n) is 21.3. The first-order valence-electron chi connectivity index (χ1n) is 13.6. The van der Waals surface area contributed by atoms with Gasteiger partial charge in [-0.3, -0.25) is 4.79 Å². The molecule has 3 aromatic rings. The quantitative estimate of drug-likeness (QED) is 0.421. The van der Waals surface area contributed by atoms with Crippen LogP contribution in [-0.4, -0.2) is 37.4 Å². The zero-order valence-corrected chi connectivity index (χ0v) is 22.1. The van der Waals surface area contributed by atoms with Gasteiger partial charge in [-0.05, 0) is 66.1 Å². The molecule has 2 saturated carbocycles. The van der Waals surface area contributed by atoms with Gasteiger partial charge < -0.3 is 10.6 Å². The Hall–Kier alpha value is -2.74. The van der Waals surface area contributed by atoms with E-state index in [2.05, 4.69) is 9.62 Å². The molecule has 2 fully saturated rings. The van der Waals surface area contributed by atoms with Crippen LogP contribution in [0.1, 0.15) is 62.5 Å². The third-order valence-corrected chi connectivity index (χ3v) is 9.49. The molecule has 0 bridgehead atoms. The number of sulfonamides is 1. The summed E-state index contributed by atoms with van der Waals surface area (Å²) in [5.41, 5.74) is 7.68. The SMILES string of the molecule is NCc1ccc(C[C@H](NS(=O)(=O)c2ccc3ccccc3c2)C(=O)N(C2CCCC2)C2CCCC2)cc1. The second kappa shape index (κ2) is 11.3. The summed E-state index contributed by atoms with van der Waals surface area (Å²) in [6.45, 7) is 0.439. The Morgan fingerprint density at radius 2 is 1.41 bits per heavy atom. The van der Waals surface area contributed by atoms with Gasteiger partial charge >= 0.3 is 0 Å². The largest absolute Gasteiger partial charge is 0.335 e. The molecule has 1 atom stereocenters.